The Labute approximate surface area is 126 Å². The van der Waals surface area contributed by atoms with Gasteiger partial charge in [-0.3, -0.25) is 4.98 Å². The van der Waals surface area contributed by atoms with E-state index in [-0.39, 0.29) is 0 Å². The molecule has 4 heteroatoms. The smallest absolute Gasteiger partial charge is 0.0648 e. The van der Waals surface area contributed by atoms with Crippen molar-refractivity contribution >= 4 is 26.8 Å². The molecular formula is C16H16BrN3. The van der Waals surface area contributed by atoms with Crippen LogP contribution in [-0.4, -0.2) is 16.1 Å². The summed E-state index contributed by atoms with van der Waals surface area (Å²) in [5.41, 5.74) is 9.18. The zero-order valence-electron chi connectivity index (χ0n) is 11.1. The molecule has 3 aromatic rings. The third-order valence-corrected chi connectivity index (χ3v) is 3.86. The molecule has 0 aliphatic carbocycles. The minimum atomic E-state index is 0.690. The Morgan fingerprint density at radius 1 is 1.15 bits per heavy atom. The van der Waals surface area contributed by atoms with Gasteiger partial charge in [-0.05, 0) is 70.2 Å². The second-order valence-corrected chi connectivity index (χ2v) is 5.76. The molecule has 3 rings (SSSR count). The molecule has 0 radical (unpaired) electrons. The Morgan fingerprint density at radius 2 is 2.05 bits per heavy atom. The van der Waals surface area contributed by atoms with E-state index in [0.717, 1.165) is 23.1 Å². The summed E-state index contributed by atoms with van der Waals surface area (Å²) in [7, 11) is 0. The van der Waals surface area contributed by atoms with Crippen LogP contribution in [0.5, 0.6) is 0 Å². The molecule has 0 saturated carbocycles. The van der Waals surface area contributed by atoms with E-state index in [0.29, 0.717) is 6.54 Å². The molecule has 102 valence electrons. The number of halogens is 1. The van der Waals surface area contributed by atoms with Crippen molar-refractivity contribution in [3.05, 3.63) is 64.5 Å². The largest absolute Gasteiger partial charge is 0.341 e. The van der Waals surface area contributed by atoms with Crippen molar-refractivity contribution in [1.82, 2.24) is 9.55 Å². The third-order valence-electron chi connectivity index (χ3n) is 3.39. The molecule has 2 heterocycles. The van der Waals surface area contributed by atoms with E-state index < -0.39 is 0 Å². The van der Waals surface area contributed by atoms with Crippen molar-refractivity contribution in [2.75, 3.05) is 6.54 Å². The number of nitrogens with two attached hydrogens (primary N) is 1. The van der Waals surface area contributed by atoms with Gasteiger partial charge in [0, 0.05) is 22.4 Å². The first kappa shape index (κ1) is 13.3. The fourth-order valence-corrected chi connectivity index (χ4v) is 2.62. The summed E-state index contributed by atoms with van der Waals surface area (Å²) in [4.78, 5) is 4.42. The lowest BCUT2D eigenvalue weighted by Gasteiger charge is -2.06. The summed E-state index contributed by atoms with van der Waals surface area (Å²) < 4.78 is 3.22. The Hall–Kier alpha value is -1.65. The average molecular weight is 330 g/mol. The van der Waals surface area contributed by atoms with Crippen LogP contribution < -0.4 is 5.73 Å². The van der Waals surface area contributed by atoms with Gasteiger partial charge in [-0.1, -0.05) is 6.07 Å². The zero-order chi connectivity index (χ0) is 13.9. The second-order valence-electron chi connectivity index (χ2n) is 4.84. The first-order chi connectivity index (χ1) is 9.76. The summed E-state index contributed by atoms with van der Waals surface area (Å²) >= 11 is 3.41. The van der Waals surface area contributed by atoms with Crippen LogP contribution >= 0.6 is 15.9 Å². The van der Waals surface area contributed by atoms with Crippen molar-refractivity contribution in [3.8, 4) is 0 Å². The summed E-state index contributed by atoms with van der Waals surface area (Å²) in [6, 6.07) is 12.7. The molecule has 0 unspecified atom stereocenters. The van der Waals surface area contributed by atoms with Crippen molar-refractivity contribution in [2.24, 2.45) is 5.73 Å². The van der Waals surface area contributed by atoms with Gasteiger partial charge in [0.15, 0.2) is 0 Å². The molecule has 0 amide bonds. The van der Waals surface area contributed by atoms with Crippen LogP contribution in [0.3, 0.4) is 0 Å². The Balaban J connectivity index is 1.90. The normalized spacial score (nSPS) is 11.1. The molecule has 0 atom stereocenters. The van der Waals surface area contributed by atoms with Crippen molar-refractivity contribution in [1.29, 1.82) is 0 Å². The minimum absolute atomic E-state index is 0.690. The quantitative estimate of drug-likeness (QED) is 0.797. The molecule has 0 fully saturated rings. The lowest BCUT2D eigenvalue weighted by atomic mass is 10.1. The standard InChI is InChI=1S/C16H16BrN3/c17-14-2-3-15(19-10-14)11-20-8-6-13-9-12(5-7-18)1-4-16(13)20/h1-4,6,8-10H,5,7,11,18H2. The Morgan fingerprint density at radius 3 is 2.80 bits per heavy atom. The molecule has 2 aromatic heterocycles. The van der Waals surface area contributed by atoms with Crippen LogP contribution in [-0.2, 0) is 13.0 Å². The molecule has 0 spiro atoms. The van der Waals surface area contributed by atoms with Crippen molar-refractivity contribution < 1.29 is 0 Å². The van der Waals surface area contributed by atoms with Crippen molar-refractivity contribution in [3.63, 3.8) is 0 Å². The van der Waals surface area contributed by atoms with Crippen LogP contribution in [0.1, 0.15) is 11.3 Å². The highest BCUT2D eigenvalue weighted by atomic mass is 79.9. The van der Waals surface area contributed by atoms with Gasteiger partial charge < -0.3 is 10.3 Å². The fraction of sp³-hybridized carbons (Fsp3) is 0.188. The van der Waals surface area contributed by atoms with Gasteiger partial charge in [-0.2, -0.15) is 0 Å². The molecule has 2 N–H and O–H groups in total. The number of rotatable bonds is 4. The van der Waals surface area contributed by atoms with Crippen LogP contribution in [0.2, 0.25) is 0 Å². The fourth-order valence-electron chi connectivity index (χ4n) is 2.38. The molecule has 1 aromatic carbocycles. The predicted molar refractivity (Wildman–Crippen MR) is 85.7 cm³/mol. The number of aromatic nitrogens is 2. The second kappa shape index (κ2) is 5.77. The SMILES string of the molecule is NCCc1ccc2c(ccn2Cc2ccc(Br)cn2)c1. The first-order valence-electron chi connectivity index (χ1n) is 6.64. The van der Waals surface area contributed by atoms with E-state index in [1.54, 1.807) is 0 Å². The molecule has 0 bridgehead atoms. The topological polar surface area (TPSA) is 43.8 Å². The van der Waals surface area contributed by atoms with Gasteiger partial charge in [0.05, 0.1) is 12.2 Å². The molecule has 0 aliphatic rings. The van der Waals surface area contributed by atoms with Crippen molar-refractivity contribution in [2.45, 2.75) is 13.0 Å². The molecule has 20 heavy (non-hydrogen) atoms. The number of fused-ring (bicyclic) bond motifs is 1. The lowest BCUT2D eigenvalue weighted by Crippen LogP contribution is -2.03. The van der Waals surface area contributed by atoms with Crippen LogP contribution in [0.4, 0.5) is 0 Å². The van der Waals surface area contributed by atoms with Crippen LogP contribution in [0.15, 0.2) is 53.3 Å². The maximum absolute atomic E-state index is 5.61. The van der Waals surface area contributed by atoms with Gasteiger partial charge in [-0.15, -0.1) is 0 Å². The van der Waals surface area contributed by atoms with Gasteiger partial charge in [0.25, 0.3) is 0 Å². The van der Waals surface area contributed by atoms with E-state index in [2.05, 4.69) is 55.9 Å². The highest BCUT2D eigenvalue weighted by molar-refractivity contribution is 9.10. The average Bonchev–Trinajstić information content (AvgIpc) is 2.84. The first-order valence-corrected chi connectivity index (χ1v) is 7.44. The highest BCUT2D eigenvalue weighted by Crippen LogP contribution is 2.19. The number of hydrogen-bond donors (Lipinski definition) is 1. The Bertz CT molecular complexity index is 716. The summed E-state index contributed by atoms with van der Waals surface area (Å²) in [6.45, 7) is 1.47. The van der Waals surface area contributed by atoms with E-state index in [1.165, 1.54) is 16.5 Å². The maximum atomic E-state index is 5.61. The van der Waals surface area contributed by atoms with Crippen LogP contribution in [0.25, 0.3) is 10.9 Å². The van der Waals surface area contributed by atoms with E-state index in [9.17, 15) is 0 Å². The summed E-state index contributed by atoms with van der Waals surface area (Å²) in [5, 5.41) is 1.26. The molecular weight excluding hydrogens is 314 g/mol. The van der Waals surface area contributed by atoms with Gasteiger partial charge in [-0.25, -0.2) is 0 Å². The molecule has 3 nitrogen and oxygen atoms in total. The maximum Gasteiger partial charge on any atom is 0.0648 e. The lowest BCUT2D eigenvalue weighted by molar-refractivity contribution is 0.806. The van der Waals surface area contributed by atoms with E-state index in [4.69, 9.17) is 5.73 Å². The van der Waals surface area contributed by atoms with Gasteiger partial charge >= 0.3 is 0 Å². The highest BCUT2D eigenvalue weighted by Gasteiger charge is 2.04. The van der Waals surface area contributed by atoms with Crippen LogP contribution in [0, 0.1) is 0 Å². The van der Waals surface area contributed by atoms with Gasteiger partial charge in [0.1, 0.15) is 0 Å². The monoisotopic (exact) mass is 329 g/mol. The van der Waals surface area contributed by atoms with E-state index in [1.807, 2.05) is 18.3 Å². The number of pyridine rings is 1. The molecule has 0 saturated heterocycles. The molecule has 0 aliphatic heterocycles. The third kappa shape index (κ3) is 2.76. The number of benzene rings is 1. The Kier molecular flexibility index (Phi) is 3.85. The summed E-state index contributed by atoms with van der Waals surface area (Å²) in [5.74, 6) is 0. The predicted octanol–water partition coefficient (Wildman–Crippen LogP) is 3.35. The zero-order valence-corrected chi connectivity index (χ0v) is 12.7. The van der Waals surface area contributed by atoms with E-state index >= 15 is 0 Å². The minimum Gasteiger partial charge on any atom is -0.341 e. The summed E-state index contributed by atoms with van der Waals surface area (Å²) in [6.07, 6.45) is 4.87. The van der Waals surface area contributed by atoms with Gasteiger partial charge in [0.2, 0.25) is 0 Å². The number of hydrogen-bond acceptors (Lipinski definition) is 2. The number of nitrogens with zero attached hydrogens (tertiary/aromatic N) is 2.